The molecular formula is C36H40BrN3O5S. The number of nitrogens with zero attached hydrogens (tertiary/aromatic N) is 2. The molecule has 0 aliphatic rings. The van der Waals surface area contributed by atoms with Crippen LogP contribution in [-0.4, -0.2) is 50.4 Å². The quantitative estimate of drug-likeness (QED) is 0.150. The van der Waals surface area contributed by atoms with E-state index in [1.807, 2.05) is 75.4 Å². The monoisotopic (exact) mass is 705 g/mol. The van der Waals surface area contributed by atoms with Gasteiger partial charge in [-0.2, -0.15) is 0 Å². The summed E-state index contributed by atoms with van der Waals surface area (Å²) in [4.78, 5) is 30.1. The lowest BCUT2D eigenvalue weighted by atomic mass is 10.0. The van der Waals surface area contributed by atoms with Gasteiger partial charge in [0.25, 0.3) is 10.0 Å². The highest BCUT2D eigenvalue weighted by Crippen LogP contribution is 2.33. The molecule has 0 aromatic heterocycles. The number of nitrogens with one attached hydrogen (secondary N) is 1. The molecule has 2 atom stereocenters. The van der Waals surface area contributed by atoms with Gasteiger partial charge in [0, 0.05) is 23.5 Å². The number of carbonyl (C=O) groups excluding carboxylic acids is 2. The Hall–Kier alpha value is -4.15. The molecule has 10 heteroatoms. The third-order valence-electron chi connectivity index (χ3n) is 7.58. The first-order valence-electron chi connectivity index (χ1n) is 15.3. The van der Waals surface area contributed by atoms with Gasteiger partial charge in [0.2, 0.25) is 11.8 Å². The molecule has 4 aromatic carbocycles. The summed E-state index contributed by atoms with van der Waals surface area (Å²) in [5.41, 5.74) is 1.89. The number of carbonyl (C=O) groups is 2. The van der Waals surface area contributed by atoms with Crippen molar-refractivity contribution in [3.05, 3.63) is 125 Å². The van der Waals surface area contributed by atoms with E-state index in [2.05, 4.69) is 21.2 Å². The zero-order valence-electron chi connectivity index (χ0n) is 26.3. The number of para-hydroxylation sites is 2. The Morgan fingerprint density at radius 1 is 0.826 bits per heavy atom. The maximum atomic E-state index is 14.6. The van der Waals surface area contributed by atoms with Crippen LogP contribution in [0.4, 0.5) is 5.69 Å². The first-order chi connectivity index (χ1) is 22.1. The zero-order valence-corrected chi connectivity index (χ0v) is 28.7. The van der Waals surface area contributed by atoms with E-state index in [9.17, 15) is 18.0 Å². The predicted molar refractivity (Wildman–Crippen MR) is 185 cm³/mol. The molecule has 0 aliphatic carbocycles. The van der Waals surface area contributed by atoms with Crippen LogP contribution in [-0.2, 0) is 32.6 Å². The maximum absolute atomic E-state index is 14.6. The molecule has 0 radical (unpaired) electrons. The van der Waals surface area contributed by atoms with E-state index < -0.39 is 28.5 Å². The average molecular weight is 707 g/mol. The number of hydrogen-bond donors (Lipinski definition) is 1. The summed E-state index contributed by atoms with van der Waals surface area (Å²) in [5.74, 6) is -0.517. The number of amides is 2. The van der Waals surface area contributed by atoms with Crippen LogP contribution in [0, 0.1) is 0 Å². The summed E-state index contributed by atoms with van der Waals surface area (Å²) in [7, 11) is -4.23. The van der Waals surface area contributed by atoms with Gasteiger partial charge >= 0.3 is 0 Å². The van der Waals surface area contributed by atoms with Crippen molar-refractivity contribution in [2.24, 2.45) is 0 Å². The molecule has 0 fully saturated rings. The highest BCUT2D eigenvalue weighted by atomic mass is 79.9. The van der Waals surface area contributed by atoms with Gasteiger partial charge in [0.15, 0.2) is 0 Å². The van der Waals surface area contributed by atoms with E-state index in [0.717, 1.165) is 19.9 Å². The second-order valence-electron chi connectivity index (χ2n) is 10.9. The Morgan fingerprint density at radius 2 is 1.43 bits per heavy atom. The predicted octanol–water partition coefficient (Wildman–Crippen LogP) is 6.60. The van der Waals surface area contributed by atoms with Gasteiger partial charge in [-0.1, -0.05) is 95.7 Å². The zero-order chi connectivity index (χ0) is 33.1. The third-order valence-corrected chi connectivity index (χ3v) is 9.88. The molecule has 0 unspecified atom stereocenters. The molecule has 0 heterocycles. The molecular weight excluding hydrogens is 666 g/mol. The highest BCUT2D eigenvalue weighted by molar-refractivity contribution is 9.10. The summed E-state index contributed by atoms with van der Waals surface area (Å²) < 4.78 is 36.2. The van der Waals surface area contributed by atoms with Crippen molar-refractivity contribution in [3.8, 4) is 5.75 Å². The number of ether oxygens (including phenoxy) is 1. The van der Waals surface area contributed by atoms with E-state index in [1.54, 1.807) is 42.5 Å². The lowest BCUT2D eigenvalue weighted by molar-refractivity contribution is -0.140. The van der Waals surface area contributed by atoms with Crippen LogP contribution in [0.25, 0.3) is 0 Å². The van der Waals surface area contributed by atoms with Crippen molar-refractivity contribution in [1.29, 1.82) is 0 Å². The summed E-state index contributed by atoms with van der Waals surface area (Å²) in [6.45, 7) is 5.53. The van der Waals surface area contributed by atoms with Crippen molar-refractivity contribution < 1.29 is 22.7 Å². The van der Waals surface area contributed by atoms with Gasteiger partial charge in [0.05, 0.1) is 17.2 Å². The summed E-state index contributed by atoms with van der Waals surface area (Å²) in [6.07, 6.45) is 0.952. The van der Waals surface area contributed by atoms with Crippen LogP contribution < -0.4 is 14.4 Å². The minimum Gasteiger partial charge on any atom is -0.492 e. The lowest BCUT2D eigenvalue weighted by Crippen LogP contribution is -2.54. The number of rotatable bonds is 15. The highest BCUT2D eigenvalue weighted by Gasteiger charge is 2.35. The van der Waals surface area contributed by atoms with Crippen molar-refractivity contribution in [1.82, 2.24) is 10.2 Å². The molecule has 0 saturated carbocycles. The van der Waals surface area contributed by atoms with E-state index in [1.165, 1.54) is 17.0 Å². The SMILES string of the molecule is CCOc1ccccc1N(CC(=O)N(Cc1ccc(Br)cc1)[C@H](Cc1ccccc1)C(=O)N[C@H](C)CC)S(=O)(=O)c1ccccc1. The molecule has 0 spiro atoms. The van der Waals surface area contributed by atoms with Gasteiger partial charge in [-0.05, 0) is 67.8 Å². The molecule has 0 saturated heterocycles. The second kappa shape index (κ2) is 16.4. The van der Waals surface area contributed by atoms with E-state index in [0.29, 0.717) is 18.8 Å². The molecule has 2 amide bonds. The molecule has 46 heavy (non-hydrogen) atoms. The Bertz CT molecular complexity index is 1690. The fourth-order valence-electron chi connectivity index (χ4n) is 4.96. The van der Waals surface area contributed by atoms with Gasteiger partial charge in [0.1, 0.15) is 18.3 Å². The first kappa shape index (κ1) is 34.7. The average Bonchev–Trinajstić information content (AvgIpc) is 3.07. The number of hydrogen-bond acceptors (Lipinski definition) is 5. The normalized spacial score (nSPS) is 12.5. The Balaban J connectivity index is 1.83. The number of sulfonamides is 1. The largest absolute Gasteiger partial charge is 0.492 e. The fraction of sp³-hybridized carbons (Fsp3) is 0.278. The molecule has 242 valence electrons. The number of halogens is 1. The summed E-state index contributed by atoms with van der Waals surface area (Å²) in [6, 6.07) is 30.7. The molecule has 4 rings (SSSR count). The van der Waals surface area contributed by atoms with E-state index >= 15 is 0 Å². The second-order valence-corrected chi connectivity index (χ2v) is 13.7. The number of benzene rings is 4. The molecule has 4 aromatic rings. The van der Waals surface area contributed by atoms with E-state index in [4.69, 9.17) is 4.74 Å². The van der Waals surface area contributed by atoms with Gasteiger partial charge < -0.3 is 15.0 Å². The smallest absolute Gasteiger partial charge is 0.264 e. The Kier molecular flexibility index (Phi) is 12.4. The van der Waals surface area contributed by atoms with Crippen LogP contribution in [0.3, 0.4) is 0 Å². The van der Waals surface area contributed by atoms with Crippen molar-refractivity contribution in [2.75, 3.05) is 17.5 Å². The van der Waals surface area contributed by atoms with Crippen LogP contribution in [0.1, 0.15) is 38.3 Å². The number of anilines is 1. The van der Waals surface area contributed by atoms with Crippen molar-refractivity contribution >= 4 is 43.5 Å². The van der Waals surface area contributed by atoms with Gasteiger partial charge in [-0.25, -0.2) is 8.42 Å². The molecule has 0 bridgehead atoms. The first-order valence-corrected chi connectivity index (χ1v) is 17.5. The van der Waals surface area contributed by atoms with Crippen molar-refractivity contribution in [2.45, 2.75) is 57.1 Å². The van der Waals surface area contributed by atoms with Crippen LogP contribution in [0.2, 0.25) is 0 Å². The van der Waals surface area contributed by atoms with Crippen LogP contribution in [0.15, 0.2) is 119 Å². The Labute approximate surface area is 280 Å². The van der Waals surface area contributed by atoms with Crippen LogP contribution in [0.5, 0.6) is 5.75 Å². The summed E-state index contributed by atoms with van der Waals surface area (Å²) >= 11 is 3.46. The van der Waals surface area contributed by atoms with Crippen LogP contribution >= 0.6 is 15.9 Å². The minimum absolute atomic E-state index is 0.0314. The summed E-state index contributed by atoms with van der Waals surface area (Å²) in [5, 5.41) is 3.05. The van der Waals surface area contributed by atoms with Gasteiger partial charge in [-0.15, -0.1) is 0 Å². The van der Waals surface area contributed by atoms with Crippen molar-refractivity contribution in [3.63, 3.8) is 0 Å². The molecule has 0 aliphatic heterocycles. The Morgan fingerprint density at radius 3 is 2.07 bits per heavy atom. The lowest BCUT2D eigenvalue weighted by Gasteiger charge is -2.34. The standard InChI is InChI=1S/C36H40BrN3O5S/c1-4-27(3)38-36(42)33(24-28-14-8-6-9-15-28)39(25-29-20-22-30(37)23-21-29)35(41)26-40(32-18-12-13-19-34(32)45-5-2)46(43,44)31-16-10-7-11-17-31/h6-23,27,33H,4-5,24-26H2,1-3H3,(H,38,42)/t27-,33-/m1/s1. The third kappa shape index (κ3) is 8.98. The van der Waals surface area contributed by atoms with Gasteiger partial charge in [-0.3, -0.25) is 13.9 Å². The molecule has 1 N–H and O–H groups in total. The maximum Gasteiger partial charge on any atom is 0.264 e. The van der Waals surface area contributed by atoms with E-state index in [-0.39, 0.29) is 35.5 Å². The fourth-order valence-corrected chi connectivity index (χ4v) is 6.67. The minimum atomic E-state index is -4.23. The molecule has 8 nitrogen and oxygen atoms in total. The topological polar surface area (TPSA) is 96.0 Å².